The van der Waals surface area contributed by atoms with Crippen LogP contribution in [0, 0.1) is 0 Å². The average Bonchev–Trinajstić information content (AvgIpc) is 3.27. The quantitative estimate of drug-likeness (QED) is 0.607. The zero-order valence-corrected chi connectivity index (χ0v) is 14.8. The predicted octanol–water partition coefficient (Wildman–Crippen LogP) is -0.169. The highest BCUT2D eigenvalue weighted by Gasteiger charge is 2.42. The molecule has 1 aromatic carbocycles. The third-order valence-corrected chi connectivity index (χ3v) is 5.16. The normalized spacial score (nSPS) is 29.0. The van der Waals surface area contributed by atoms with Crippen LogP contribution in [0.2, 0.25) is 0 Å². The van der Waals surface area contributed by atoms with E-state index in [0.717, 1.165) is 12.0 Å². The molecule has 0 spiro atoms. The van der Waals surface area contributed by atoms with Crippen LogP contribution in [0.4, 0.5) is 0 Å². The molecule has 2 aliphatic heterocycles. The molecule has 1 aromatic rings. The molecule has 2 heterocycles. The summed E-state index contributed by atoms with van der Waals surface area (Å²) < 4.78 is 0. The Morgan fingerprint density at radius 2 is 1.96 bits per heavy atom. The molecule has 136 valence electrons. The van der Waals surface area contributed by atoms with Crippen molar-refractivity contribution in [2.45, 2.75) is 50.4 Å². The number of likely N-dealkylation sites (N-methyl/N-ethyl adjacent to an activating group) is 1. The Kier molecular flexibility index (Phi) is 5.36. The van der Waals surface area contributed by atoms with Crippen LogP contribution in [0.15, 0.2) is 24.3 Å². The summed E-state index contributed by atoms with van der Waals surface area (Å²) in [5.41, 5.74) is 14.7. The minimum atomic E-state index is -0.475. The van der Waals surface area contributed by atoms with Crippen molar-refractivity contribution in [2.75, 3.05) is 13.6 Å². The van der Waals surface area contributed by atoms with Crippen LogP contribution in [-0.4, -0.2) is 48.4 Å². The number of hydrogen-bond acceptors (Lipinski definition) is 5. The van der Waals surface area contributed by atoms with Crippen LogP contribution in [0.3, 0.4) is 0 Å². The molecule has 0 aliphatic carbocycles. The maximum Gasteiger partial charge on any atom is 0.242 e. The zero-order valence-electron chi connectivity index (χ0n) is 14.8. The van der Waals surface area contributed by atoms with E-state index < -0.39 is 6.04 Å². The van der Waals surface area contributed by atoms with Crippen LogP contribution in [0.5, 0.6) is 0 Å². The van der Waals surface area contributed by atoms with Gasteiger partial charge < -0.3 is 16.0 Å². The molecule has 2 aliphatic rings. The molecule has 4 atom stereocenters. The van der Waals surface area contributed by atoms with E-state index in [4.69, 9.17) is 5.73 Å². The average molecular weight is 345 g/mol. The number of nitrogens with one attached hydrogen (secondary N) is 3. The van der Waals surface area contributed by atoms with Gasteiger partial charge in [-0.3, -0.25) is 9.59 Å². The smallest absolute Gasteiger partial charge is 0.242 e. The van der Waals surface area contributed by atoms with Gasteiger partial charge in [0.25, 0.3) is 0 Å². The molecule has 7 heteroatoms. The molecule has 0 bridgehead atoms. The minimum absolute atomic E-state index is 0.0678. The molecule has 0 saturated carbocycles. The molecule has 25 heavy (non-hydrogen) atoms. The van der Waals surface area contributed by atoms with Gasteiger partial charge in [0.05, 0.1) is 0 Å². The Bertz CT molecular complexity index is 633. The third kappa shape index (κ3) is 3.68. The Hall–Kier alpha value is -1.96. The Morgan fingerprint density at radius 1 is 1.24 bits per heavy atom. The predicted molar refractivity (Wildman–Crippen MR) is 95.4 cm³/mol. The molecule has 7 nitrogen and oxygen atoms in total. The summed E-state index contributed by atoms with van der Waals surface area (Å²) in [4.78, 5) is 26.5. The van der Waals surface area contributed by atoms with Crippen LogP contribution in [0.25, 0.3) is 0 Å². The highest BCUT2D eigenvalue weighted by Crippen LogP contribution is 2.26. The van der Waals surface area contributed by atoms with Gasteiger partial charge in [0.2, 0.25) is 11.8 Å². The lowest BCUT2D eigenvalue weighted by atomic mass is 9.99. The molecule has 2 fully saturated rings. The fourth-order valence-electron chi connectivity index (χ4n) is 3.65. The van der Waals surface area contributed by atoms with Crippen LogP contribution in [0.1, 0.15) is 36.9 Å². The van der Waals surface area contributed by atoms with Gasteiger partial charge in [-0.15, -0.1) is 0 Å². The van der Waals surface area contributed by atoms with E-state index in [0.29, 0.717) is 19.4 Å². The number of nitrogens with two attached hydrogens (primary N) is 1. The van der Waals surface area contributed by atoms with Crippen molar-refractivity contribution >= 4 is 11.8 Å². The van der Waals surface area contributed by atoms with Gasteiger partial charge in [0.1, 0.15) is 12.1 Å². The van der Waals surface area contributed by atoms with Gasteiger partial charge >= 0.3 is 0 Å². The number of aryl methyl sites for hydroxylation is 1. The van der Waals surface area contributed by atoms with E-state index in [1.165, 1.54) is 5.56 Å². The summed E-state index contributed by atoms with van der Waals surface area (Å²) in [6, 6.07) is 7.53. The van der Waals surface area contributed by atoms with Gasteiger partial charge in [-0.05, 0) is 30.4 Å². The lowest BCUT2D eigenvalue weighted by molar-refractivity contribution is -0.139. The standard InChI is InChI=1S/C18H27N5O2/c1-3-11-4-6-12(7-5-11)14-9-15(22-21-14)18(25)23-10-13(19)8-16(23)17(24)20-2/h4-7,13-16,21-22H,3,8-10,19H2,1-2H3,(H,20,24)/t13-,14?,15?,16+/m1/s1. The van der Waals surface area contributed by atoms with E-state index in [1.807, 2.05) is 0 Å². The van der Waals surface area contributed by atoms with Crippen molar-refractivity contribution in [2.24, 2.45) is 5.73 Å². The second kappa shape index (κ2) is 7.51. The maximum atomic E-state index is 12.9. The molecule has 2 amide bonds. The first kappa shape index (κ1) is 17.8. The number of carbonyl (C=O) groups is 2. The van der Waals surface area contributed by atoms with E-state index in [1.54, 1.807) is 11.9 Å². The summed E-state index contributed by atoms with van der Waals surface area (Å²) in [6.45, 7) is 2.55. The number of rotatable bonds is 4. The summed E-state index contributed by atoms with van der Waals surface area (Å²) >= 11 is 0. The van der Waals surface area contributed by atoms with Crippen molar-refractivity contribution in [3.05, 3.63) is 35.4 Å². The number of hydrogen-bond donors (Lipinski definition) is 4. The summed E-state index contributed by atoms with van der Waals surface area (Å²) in [5.74, 6) is -0.222. The fraction of sp³-hybridized carbons (Fsp3) is 0.556. The SMILES string of the molecule is CCc1ccc(C2CC(C(=O)N3C[C@H](N)C[C@H]3C(=O)NC)NN2)cc1. The number of nitrogens with zero attached hydrogens (tertiary/aromatic N) is 1. The maximum absolute atomic E-state index is 12.9. The first-order chi connectivity index (χ1) is 12.0. The highest BCUT2D eigenvalue weighted by atomic mass is 16.2. The molecule has 3 rings (SSSR count). The molecule has 2 saturated heterocycles. The van der Waals surface area contributed by atoms with Crippen molar-refractivity contribution in [1.82, 2.24) is 21.1 Å². The minimum Gasteiger partial charge on any atom is -0.357 e. The monoisotopic (exact) mass is 345 g/mol. The van der Waals surface area contributed by atoms with Crippen LogP contribution in [-0.2, 0) is 16.0 Å². The van der Waals surface area contributed by atoms with Gasteiger partial charge in [0, 0.05) is 25.7 Å². The number of amides is 2. The van der Waals surface area contributed by atoms with Crippen LogP contribution < -0.4 is 21.9 Å². The largest absolute Gasteiger partial charge is 0.357 e. The summed E-state index contributed by atoms with van der Waals surface area (Å²) in [5, 5.41) is 2.62. The lowest BCUT2D eigenvalue weighted by Gasteiger charge is -2.25. The van der Waals surface area contributed by atoms with E-state index in [2.05, 4.69) is 47.4 Å². The van der Waals surface area contributed by atoms with Gasteiger partial charge in [-0.2, -0.15) is 0 Å². The molecular formula is C18H27N5O2. The van der Waals surface area contributed by atoms with Crippen LogP contribution >= 0.6 is 0 Å². The fourth-order valence-corrected chi connectivity index (χ4v) is 3.65. The topological polar surface area (TPSA) is 99.5 Å². The number of carbonyl (C=O) groups excluding carboxylic acids is 2. The Morgan fingerprint density at radius 3 is 2.60 bits per heavy atom. The van der Waals surface area contributed by atoms with Crippen molar-refractivity contribution in [1.29, 1.82) is 0 Å². The molecule has 2 unspecified atom stereocenters. The number of benzene rings is 1. The van der Waals surface area contributed by atoms with E-state index >= 15 is 0 Å². The van der Waals surface area contributed by atoms with E-state index in [9.17, 15) is 9.59 Å². The highest BCUT2D eigenvalue weighted by molar-refractivity contribution is 5.90. The summed E-state index contributed by atoms with van der Waals surface area (Å²) in [7, 11) is 1.58. The molecule has 0 radical (unpaired) electrons. The van der Waals surface area contributed by atoms with E-state index in [-0.39, 0.29) is 29.9 Å². The number of hydrazine groups is 1. The van der Waals surface area contributed by atoms with Crippen molar-refractivity contribution < 1.29 is 9.59 Å². The zero-order chi connectivity index (χ0) is 18.0. The van der Waals surface area contributed by atoms with Crippen molar-refractivity contribution in [3.8, 4) is 0 Å². The second-order valence-corrected chi connectivity index (χ2v) is 6.84. The first-order valence-corrected chi connectivity index (χ1v) is 8.91. The van der Waals surface area contributed by atoms with Gasteiger partial charge in [-0.1, -0.05) is 31.2 Å². The lowest BCUT2D eigenvalue weighted by Crippen LogP contribution is -2.51. The third-order valence-electron chi connectivity index (χ3n) is 5.16. The second-order valence-electron chi connectivity index (χ2n) is 6.84. The van der Waals surface area contributed by atoms with Crippen molar-refractivity contribution in [3.63, 3.8) is 0 Å². The molecule has 5 N–H and O–H groups in total. The summed E-state index contributed by atoms with van der Waals surface area (Å²) in [6.07, 6.45) is 2.16. The number of likely N-dealkylation sites (tertiary alicyclic amines) is 1. The Balaban J connectivity index is 1.66. The first-order valence-electron chi connectivity index (χ1n) is 8.91. The van der Waals surface area contributed by atoms with Gasteiger partial charge in [-0.25, -0.2) is 10.9 Å². The molecule has 0 aromatic heterocycles. The van der Waals surface area contributed by atoms with Gasteiger partial charge in [0.15, 0.2) is 0 Å². The molecular weight excluding hydrogens is 318 g/mol. The Labute approximate surface area is 148 Å².